The second kappa shape index (κ2) is 2.92. The largest absolute Gasteiger partial charge is 0.333 e. The van der Waals surface area contributed by atoms with Crippen molar-refractivity contribution in [3.63, 3.8) is 0 Å². The van der Waals surface area contributed by atoms with Crippen molar-refractivity contribution in [1.29, 1.82) is 0 Å². The van der Waals surface area contributed by atoms with Crippen LogP contribution in [0.5, 0.6) is 0 Å². The van der Waals surface area contributed by atoms with E-state index in [0.717, 1.165) is 15.0 Å². The number of aryl methyl sites for hydroxylation is 1. The lowest BCUT2D eigenvalue weighted by Gasteiger charge is -1.95. The highest BCUT2D eigenvalue weighted by atomic mass is 35.5. The molecule has 0 amide bonds. The van der Waals surface area contributed by atoms with Crippen LogP contribution in [0.15, 0.2) is 24.5 Å². The zero-order valence-corrected chi connectivity index (χ0v) is 8.06. The Kier molecular flexibility index (Phi) is 1.90. The van der Waals surface area contributed by atoms with Gasteiger partial charge in [-0.1, -0.05) is 11.6 Å². The fourth-order valence-corrected chi connectivity index (χ4v) is 2.12. The Balaban J connectivity index is 2.50. The van der Waals surface area contributed by atoms with Crippen LogP contribution in [-0.2, 0) is 7.05 Å². The van der Waals surface area contributed by atoms with E-state index in [-0.39, 0.29) is 0 Å². The summed E-state index contributed by atoms with van der Waals surface area (Å²) in [6.07, 6.45) is 3.70. The van der Waals surface area contributed by atoms with Crippen LogP contribution in [-0.4, -0.2) is 9.55 Å². The maximum atomic E-state index is 5.81. The van der Waals surface area contributed by atoms with Crippen molar-refractivity contribution >= 4 is 22.9 Å². The molecular formula is C8H7ClN2S. The molecule has 0 spiro atoms. The standard InChI is InChI=1S/C8H7ClN2S/c1-11-5-4-10-8(11)6-2-3-7(9)12-6/h2-5H,1H3. The van der Waals surface area contributed by atoms with Crippen LogP contribution >= 0.6 is 22.9 Å². The lowest BCUT2D eigenvalue weighted by atomic mass is 10.4. The van der Waals surface area contributed by atoms with Crippen molar-refractivity contribution in [2.24, 2.45) is 7.05 Å². The van der Waals surface area contributed by atoms with E-state index in [0.29, 0.717) is 0 Å². The van der Waals surface area contributed by atoms with Crippen LogP contribution in [0.25, 0.3) is 10.7 Å². The van der Waals surface area contributed by atoms with Gasteiger partial charge >= 0.3 is 0 Å². The minimum atomic E-state index is 0.799. The summed E-state index contributed by atoms with van der Waals surface area (Å²) in [7, 11) is 1.97. The zero-order valence-electron chi connectivity index (χ0n) is 6.49. The lowest BCUT2D eigenvalue weighted by molar-refractivity contribution is 0.928. The fraction of sp³-hybridized carbons (Fsp3) is 0.125. The molecule has 0 aliphatic carbocycles. The first kappa shape index (κ1) is 7.83. The van der Waals surface area contributed by atoms with Gasteiger partial charge < -0.3 is 4.57 Å². The smallest absolute Gasteiger partial charge is 0.149 e. The predicted octanol–water partition coefficient (Wildman–Crippen LogP) is 2.80. The fourth-order valence-electron chi connectivity index (χ4n) is 1.04. The van der Waals surface area contributed by atoms with E-state index < -0.39 is 0 Å². The number of thiophene rings is 1. The van der Waals surface area contributed by atoms with E-state index in [1.54, 1.807) is 17.5 Å². The molecule has 0 aliphatic rings. The average Bonchev–Trinajstić information content (AvgIpc) is 2.58. The van der Waals surface area contributed by atoms with Crippen molar-refractivity contribution in [3.8, 4) is 10.7 Å². The average molecular weight is 199 g/mol. The molecule has 12 heavy (non-hydrogen) atoms. The molecule has 2 heterocycles. The molecule has 0 atom stereocenters. The Morgan fingerprint density at radius 1 is 1.50 bits per heavy atom. The van der Waals surface area contributed by atoms with Gasteiger partial charge in [0.15, 0.2) is 0 Å². The van der Waals surface area contributed by atoms with Gasteiger partial charge in [-0.05, 0) is 12.1 Å². The van der Waals surface area contributed by atoms with E-state index in [2.05, 4.69) is 4.98 Å². The van der Waals surface area contributed by atoms with Gasteiger partial charge in [-0.25, -0.2) is 4.98 Å². The minimum absolute atomic E-state index is 0.799. The van der Waals surface area contributed by atoms with Crippen molar-refractivity contribution in [2.75, 3.05) is 0 Å². The molecule has 62 valence electrons. The lowest BCUT2D eigenvalue weighted by Crippen LogP contribution is -1.87. The molecule has 0 N–H and O–H groups in total. The maximum absolute atomic E-state index is 5.81. The SMILES string of the molecule is Cn1ccnc1-c1ccc(Cl)s1. The molecule has 2 aromatic rings. The molecule has 0 fully saturated rings. The van der Waals surface area contributed by atoms with E-state index in [9.17, 15) is 0 Å². The highest BCUT2D eigenvalue weighted by Crippen LogP contribution is 2.29. The summed E-state index contributed by atoms with van der Waals surface area (Å²) in [5.74, 6) is 0.965. The first-order valence-corrected chi connectivity index (χ1v) is 4.70. The van der Waals surface area contributed by atoms with E-state index in [4.69, 9.17) is 11.6 Å². The Labute approximate surface area is 79.4 Å². The highest BCUT2D eigenvalue weighted by molar-refractivity contribution is 7.19. The summed E-state index contributed by atoms with van der Waals surface area (Å²) in [6.45, 7) is 0. The van der Waals surface area contributed by atoms with Crippen molar-refractivity contribution in [2.45, 2.75) is 0 Å². The van der Waals surface area contributed by atoms with Crippen LogP contribution in [0, 0.1) is 0 Å². The highest BCUT2D eigenvalue weighted by Gasteiger charge is 2.04. The molecule has 0 aliphatic heterocycles. The van der Waals surface area contributed by atoms with Crippen molar-refractivity contribution in [1.82, 2.24) is 9.55 Å². The Morgan fingerprint density at radius 3 is 2.83 bits per heavy atom. The molecule has 2 rings (SSSR count). The summed E-state index contributed by atoms with van der Waals surface area (Å²) in [4.78, 5) is 5.32. The molecule has 0 saturated heterocycles. The first-order chi connectivity index (χ1) is 5.77. The van der Waals surface area contributed by atoms with Gasteiger partial charge in [-0.15, -0.1) is 11.3 Å². The molecule has 0 bridgehead atoms. The van der Waals surface area contributed by atoms with E-state index in [1.165, 1.54) is 0 Å². The Hall–Kier alpha value is -0.800. The number of hydrogen-bond donors (Lipinski definition) is 0. The van der Waals surface area contributed by atoms with Gasteiger partial charge in [-0.2, -0.15) is 0 Å². The molecule has 0 radical (unpaired) electrons. The molecule has 2 nitrogen and oxygen atoms in total. The van der Waals surface area contributed by atoms with Crippen molar-refractivity contribution in [3.05, 3.63) is 28.9 Å². The van der Waals surface area contributed by atoms with Gasteiger partial charge in [0.05, 0.1) is 9.21 Å². The minimum Gasteiger partial charge on any atom is -0.333 e. The third-order valence-electron chi connectivity index (χ3n) is 1.61. The number of hydrogen-bond acceptors (Lipinski definition) is 2. The van der Waals surface area contributed by atoms with Crippen LogP contribution in [0.1, 0.15) is 0 Å². The van der Waals surface area contributed by atoms with Gasteiger partial charge in [0.2, 0.25) is 0 Å². The normalized spacial score (nSPS) is 10.5. The van der Waals surface area contributed by atoms with Crippen LogP contribution in [0.2, 0.25) is 4.34 Å². The molecular weight excluding hydrogens is 192 g/mol. The van der Waals surface area contributed by atoms with Gasteiger partial charge in [0, 0.05) is 19.4 Å². The zero-order chi connectivity index (χ0) is 8.55. The molecule has 0 unspecified atom stereocenters. The molecule has 0 saturated carbocycles. The summed E-state index contributed by atoms with van der Waals surface area (Å²) >= 11 is 7.35. The summed E-state index contributed by atoms with van der Waals surface area (Å²) in [5.41, 5.74) is 0. The number of rotatable bonds is 1. The topological polar surface area (TPSA) is 17.8 Å². The van der Waals surface area contributed by atoms with Gasteiger partial charge in [0.25, 0.3) is 0 Å². The van der Waals surface area contributed by atoms with Crippen LogP contribution in [0.3, 0.4) is 0 Å². The third-order valence-corrected chi connectivity index (χ3v) is 2.84. The Bertz CT molecular complexity index is 391. The monoisotopic (exact) mass is 198 g/mol. The molecule has 0 aromatic carbocycles. The second-order valence-electron chi connectivity index (χ2n) is 2.47. The first-order valence-electron chi connectivity index (χ1n) is 3.50. The Morgan fingerprint density at radius 2 is 2.33 bits per heavy atom. The predicted molar refractivity (Wildman–Crippen MR) is 51.5 cm³/mol. The van der Waals surface area contributed by atoms with E-state index in [1.807, 2.05) is 29.9 Å². The van der Waals surface area contributed by atoms with Gasteiger partial charge in [0.1, 0.15) is 5.82 Å². The van der Waals surface area contributed by atoms with Crippen LogP contribution in [0.4, 0.5) is 0 Å². The molecule has 2 aromatic heterocycles. The van der Waals surface area contributed by atoms with Crippen LogP contribution < -0.4 is 0 Å². The third kappa shape index (κ3) is 1.26. The number of aromatic nitrogens is 2. The summed E-state index contributed by atoms with van der Waals surface area (Å²) < 4.78 is 2.77. The quantitative estimate of drug-likeness (QED) is 0.689. The number of nitrogens with zero attached hydrogens (tertiary/aromatic N) is 2. The van der Waals surface area contributed by atoms with Gasteiger partial charge in [-0.3, -0.25) is 0 Å². The number of imidazole rings is 1. The number of halogens is 1. The summed E-state index contributed by atoms with van der Waals surface area (Å²) in [5, 5.41) is 0. The maximum Gasteiger partial charge on any atom is 0.149 e. The molecule has 4 heteroatoms. The van der Waals surface area contributed by atoms with E-state index >= 15 is 0 Å². The second-order valence-corrected chi connectivity index (χ2v) is 4.18. The summed E-state index contributed by atoms with van der Waals surface area (Å²) in [6, 6.07) is 3.87. The van der Waals surface area contributed by atoms with Crippen molar-refractivity contribution < 1.29 is 0 Å².